The molecule has 2 aromatic rings. The molecule has 188 valence electrons. The summed E-state index contributed by atoms with van der Waals surface area (Å²) in [6, 6.07) is 6.02. The van der Waals surface area contributed by atoms with E-state index in [-0.39, 0.29) is 23.6 Å². The Balaban J connectivity index is 1.88. The summed E-state index contributed by atoms with van der Waals surface area (Å²) in [5, 5.41) is 22.5. The van der Waals surface area contributed by atoms with Gasteiger partial charge in [0.2, 0.25) is 0 Å². The zero-order chi connectivity index (χ0) is 25.9. The number of carboxylic acids is 1. The molecule has 1 aliphatic carbocycles. The minimum absolute atomic E-state index is 0.166. The van der Waals surface area contributed by atoms with Gasteiger partial charge in [0.05, 0.1) is 33.3 Å². The smallest absolute Gasteiger partial charge is 0.417 e. The van der Waals surface area contributed by atoms with Crippen molar-refractivity contribution in [2.75, 3.05) is 5.32 Å². The van der Waals surface area contributed by atoms with Gasteiger partial charge in [-0.25, -0.2) is 4.39 Å². The van der Waals surface area contributed by atoms with Gasteiger partial charge < -0.3 is 15.7 Å². The Morgan fingerprint density at radius 1 is 1.09 bits per heavy atom. The van der Waals surface area contributed by atoms with Gasteiger partial charge in [0.25, 0.3) is 5.91 Å². The number of hydrogen-bond donors (Lipinski definition) is 4. The molecule has 4 N–H and O–H groups in total. The first-order valence-corrected chi connectivity index (χ1v) is 11.3. The fraction of sp³-hybridized carbons (Fsp3) is 0.375. The lowest BCUT2D eigenvalue weighted by Crippen LogP contribution is -2.37. The van der Waals surface area contributed by atoms with E-state index in [1.165, 1.54) is 12.1 Å². The molecule has 0 saturated heterocycles. The van der Waals surface area contributed by atoms with Crippen LogP contribution in [0.1, 0.15) is 54.1 Å². The fourth-order valence-electron chi connectivity index (χ4n) is 4.31. The minimum Gasteiger partial charge on any atom is -0.481 e. The molecule has 0 radical (unpaired) electrons. The van der Waals surface area contributed by atoms with Crippen LogP contribution < -0.4 is 10.6 Å². The first-order chi connectivity index (χ1) is 16.4. The second kappa shape index (κ2) is 10.6. The molecule has 3 atom stereocenters. The van der Waals surface area contributed by atoms with Crippen molar-refractivity contribution >= 4 is 35.0 Å². The normalized spacial score (nSPS) is 20.6. The van der Waals surface area contributed by atoms with Gasteiger partial charge in [-0.05, 0) is 55.9 Å². The summed E-state index contributed by atoms with van der Waals surface area (Å²) in [4.78, 5) is 24.4. The number of benzene rings is 2. The van der Waals surface area contributed by atoms with Crippen molar-refractivity contribution in [2.45, 2.75) is 44.8 Å². The van der Waals surface area contributed by atoms with Gasteiger partial charge >= 0.3 is 12.1 Å². The lowest BCUT2D eigenvalue weighted by atomic mass is 9.94. The number of amides is 1. The topological polar surface area (TPSA) is 102 Å². The third kappa shape index (κ3) is 6.30. The summed E-state index contributed by atoms with van der Waals surface area (Å²) in [6.45, 7) is 1.94. The number of anilines is 1. The number of nitrogens with one attached hydrogen (secondary N) is 3. The molecule has 6 nitrogen and oxygen atoms in total. The van der Waals surface area contributed by atoms with Crippen LogP contribution in [0.4, 0.5) is 23.2 Å². The monoisotopic (exact) mass is 513 g/mol. The van der Waals surface area contributed by atoms with E-state index in [0.29, 0.717) is 25.3 Å². The van der Waals surface area contributed by atoms with Crippen LogP contribution in [0.3, 0.4) is 0 Å². The van der Waals surface area contributed by atoms with Crippen molar-refractivity contribution in [1.29, 1.82) is 5.41 Å². The van der Waals surface area contributed by atoms with E-state index >= 15 is 0 Å². The van der Waals surface area contributed by atoms with Gasteiger partial charge in [-0.3, -0.25) is 15.0 Å². The lowest BCUT2D eigenvalue weighted by molar-refractivity contribution is -0.142. The number of hydrogen-bond acceptors (Lipinski definition) is 3. The maximum Gasteiger partial charge on any atom is 0.417 e. The van der Waals surface area contributed by atoms with E-state index in [1.54, 1.807) is 0 Å². The third-order valence-electron chi connectivity index (χ3n) is 6.02. The van der Waals surface area contributed by atoms with E-state index in [2.05, 4.69) is 10.6 Å². The number of carboxylic acid groups (broad SMARTS) is 1. The molecular weight excluding hydrogens is 490 g/mol. The van der Waals surface area contributed by atoms with Crippen LogP contribution in [0.2, 0.25) is 5.02 Å². The highest BCUT2D eigenvalue weighted by Crippen LogP contribution is 2.36. The van der Waals surface area contributed by atoms with Gasteiger partial charge in [-0.1, -0.05) is 30.7 Å². The van der Waals surface area contributed by atoms with Crippen molar-refractivity contribution < 1.29 is 32.3 Å². The summed E-state index contributed by atoms with van der Waals surface area (Å²) < 4.78 is 55.0. The van der Waals surface area contributed by atoms with Crippen molar-refractivity contribution in [3.63, 3.8) is 0 Å². The summed E-state index contributed by atoms with van der Waals surface area (Å²) in [5.41, 5.74) is -2.65. The molecule has 0 aromatic heterocycles. The van der Waals surface area contributed by atoms with Crippen LogP contribution in [-0.2, 0) is 11.0 Å². The molecule has 0 heterocycles. The van der Waals surface area contributed by atoms with E-state index < -0.39 is 57.8 Å². The highest BCUT2D eigenvalue weighted by molar-refractivity contribution is 6.34. The quantitative estimate of drug-likeness (QED) is 0.172. The molecule has 11 heteroatoms. The zero-order valence-electron chi connectivity index (χ0n) is 18.7. The average Bonchev–Trinajstić information content (AvgIpc) is 2.94. The van der Waals surface area contributed by atoms with Gasteiger partial charge in [-0.15, -0.1) is 0 Å². The predicted molar refractivity (Wildman–Crippen MR) is 123 cm³/mol. The molecule has 2 aromatic carbocycles. The highest BCUT2D eigenvalue weighted by atomic mass is 35.5. The van der Waals surface area contributed by atoms with Crippen molar-refractivity contribution in [2.24, 2.45) is 11.8 Å². The Labute approximate surface area is 204 Å². The van der Waals surface area contributed by atoms with Crippen molar-refractivity contribution in [3.05, 3.63) is 63.9 Å². The fourth-order valence-corrected chi connectivity index (χ4v) is 4.57. The number of carbonyl (C=O) groups excluding carboxylic acids is 1. The Morgan fingerprint density at radius 3 is 2.43 bits per heavy atom. The second-order valence-corrected chi connectivity index (χ2v) is 9.09. The standard InChI is InChI=1S/C24H24ClF4N3O3/c1-12-8-9-14(11-13(10-12)23(34)35)31-21(30)20-17(26)6-3-7-18(20)32-22(33)19-15(24(27,28)29)4-2-5-16(19)25/h2-7,12-14H,8-11H2,1H3,(H2,30,31)(H,32,33)(H,34,35). The Morgan fingerprint density at radius 2 is 1.77 bits per heavy atom. The third-order valence-corrected chi connectivity index (χ3v) is 6.33. The van der Waals surface area contributed by atoms with Gasteiger partial charge in [0.15, 0.2) is 0 Å². The predicted octanol–water partition coefficient (Wildman–Crippen LogP) is 5.94. The zero-order valence-corrected chi connectivity index (χ0v) is 19.4. The summed E-state index contributed by atoms with van der Waals surface area (Å²) in [5.74, 6) is -3.92. The minimum atomic E-state index is -4.85. The highest BCUT2D eigenvalue weighted by Gasteiger charge is 2.36. The van der Waals surface area contributed by atoms with E-state index in [9.17, 15) is 32.3 Å². The van der Waals surface area contributed by atoms with E-state index in [1.807, 2.05) is 6.92 Å². The lowest BCUT2D eigenvalue weighted by Gasteiger charge is -2.22. The van der Waals surface area contributed by atoms with Crippen LogP contribution >= 0.6 is 11.6 Å². The average molecular weight is 514 g/mol. The molecule has 1 fully saturated rings. The molecule has 35 heavy (non-hydrogen) atoms. The maximum absolute atomic E-state index is 14.8. The second-order valence-electron chi connectivity index (χ2n) is 8.68. The Kier molecular flexibility index (Phi) is 8.04. The molecular formula is C24H24ClF4N3O3. The molecule has 3 rings (SSSR count). The van der Waals surface area contributed by atoms with Gasteiger partial charge in [-0.2, -0.15) is 13.2 Å². The number of aliphatic carboxylic acids is 1. The number of alkyl halides is 3. The van der Waals surface area contributed by atoms with Crippen molar-refractivity contribution in [3.8, 4) is 0 Å². The summed E-state index contributed by atoms with van der Waals surface area (Å²) in [6.07, 6.45) is -2.87. The van der Waals surface area contributed by atoms with E-state index in [0.717, 1.165) is 18.2 Å². The molecule has 1 amide bonds. The molecule has 0 spiro atoms. The Bertz CT molecular complexity index is 1140. The van der Waals surface area contributed by atoms with Crippen LogP contribution in [0.25, 0.3) is 0 Å². The number of amidine groups is 1. The SMILES string of the molecule is CC1CCC(NC(=N)c2c(F)cccc2NC(=O)c2c(Cl)cccc2C(F)(F)F)CC(C(=O)O)C1. The largest absolute Gasteiger partial charge is 0.481 e. The van der Waals surface area contributed by atoms with Gasteiger partial charge in [0, 0.05) is 6.04 Å². The molecule has 0 bridgehead atoms. The van der Waals surface area contributed by atoms with Crippen LogP contribution in [-0.4, -0.2) is 28.9 Å². The summed E-state index contributed by atoms with van der Waals surface area (Å²) >= 11 is 5.89. The first-order valence-electron chi connectivity index (χ1n) is 10.9. The first kappa shape index (κ1) is 26.5. The number of halogens is 5. The number of rotatable bonds is 5. The van der Waals surface area contributed by atoms with Crippen LogP contribution in [0.5, 0.6) is 0 Å². The van der Waals surface area contributed by atoms with Crippen molar-refractivity contribution in [1.82, 2.24) is 5.32 Å². The molecule has 3 unspecified atom stereocenters. The summed E-state index contributed by atoms with van der Waals surface area (Å²) in [7, 11) is 0. The van der Waals surface area contributed by atoms with Crippen LogP contribution in [0.15, 0.2) is 36.4 Å². The molecule has 1 aliphatic rings. The Hall–Kier alpha value is -3.14. The van der Waals surface area contributed by atoms with E-state index in [4.69, 9.17) is 17.0 Å². The molecule has 1 saturated carbocycles. The molecule has 0 aliphatic heterocycles. The number of carbonyl (C=O) groups is 2. The maximum atomic E-state index is 14.8. The van der Waals surface area contributed by atoms with Gasteiger partial charge in [0.1, 0.15) is 11.7 Å². The van der Waals surface area contributed by atoms with Crippen LogP contribution in [0, 0.1) is 23.1 Å².